The third-order valence-corrected chi connectivity index (χ3v) is 4.33. The molecule has 0 aliphatic carbocycles. The fourth-order valence-corrected chi connectivity index (χ4v) is 3.00. The molecule has 1 fully saturated rings. The van der Waals surface area contributed by atoms with E-state index in [9.17, 15) is 22.8 Å². The first-order chi connectivity index (χ1) is 12.0. The molecule has 0 radical (unpaired) electrons. The van der Waals surface area contributed by atoms with Gasteiger partial charge in [-0.05, 0) is 25.0 Å². The van der Waals surface area contributed by atoms with Gasteiger partial charge in [-0.25, -0.2) is 13.2 Å². The summed E-state index contributed by atoms with van der Waals surface area (Å²) in [6.07, 6.45) is 3.63. The van der Waals surface area contributed by atoms with Crippen molar-refractivity contribution in [1.29, 1.82) is 0 Å². The lowest BCUT2D eigenvalue weighted by Gasteiger charge is -2.31. The Morgan fingerprint density at radius 1 is 1.00 bits per heavy atom. The zero-order valence-corrected chi connectivity index (χ0v) is 13.2. The van der Waals surface area contributed by atoms with Crippen LogP contribution in [0, 0.1) is 23.4 Å². The summed E-state index contributed by atoms with van der Waals surface area (Å²) >= 11 is 0. The molecule has 1 amide bonds. The molecule has 0 saturated carbocycles. The van der Waals surface area contributed by atoms with E-state index in [4.69, 9.17) is 0 Å². The number of aromatic nitrogens is 1. The number of pyridine rings is 1. The first-order valence-corrected chi connectivity index (χ1v) is 7.85. The summed E-state index contributed by atoms with van der Waals surface area (Å²) in [6.45, 7) is 0.615. The van der Waals surface area contributed by atoms with Crippen LogP contribution in [0.2, 0.25) is 0 Å². The van der Waals surface area contributed by atoms with E-state index in [-0.39, 0.29) is 5.91 Å². The highest BCUT2D eigenvalue weighted by Gasteiger charge is 2.31. The van der Waals surface area contributed by atoms with Crippen LogP contribution in [-0.2, 0) is 0 Å². The number of carbonyl (C=O) groups is 2. The number of ketones is 1. The number of halogens is 3. The Morgan fingerprint density at radius 3 is 2.12 bits per heavy atom. The smallest absolute Gasteiger partial charge is 0.253 e. The zero-order chi connectivity index (χ0) is 18.0. The van der Waals surface area contributed by atoms with Gasteiger partial charge in [0, 0.05) is 49.1 Å². The normalized spacial score (nSPS) is 15.2. The molecule has 7 heteroatoms. The highest BCUT2D eigenvalue weighted by molar-refractivity contribution is 5.99. The van der Waals surface area contributed by atoms with Crippen molar-refractivity contribution in [3.8, 4) is 0 Å². The third kappa shape index (κ3) is 3.55. The minimum atomic E-state index is -1.20. The van der Waals surface area contributed by atoms with Gasteiger partial charge in [-0.2, -0.15) is 0 Å². The summed E-state index contributed by atoms with van der Waals surface area (Å²) in [5.41, 5.74) is -0.212. The molecule has 4 nitrogen and oxygen atoms in total. The predicted octanol–water partition coefficient (Wildman–Crippen LogP) is 3.23. The molecule has 0 N–H and O–H groups in total. The van der Waals surface area contributed by atoms with E-state index in [0.29, 0.717) is 43.6 Å². The molecule has 0 atom stereocenters. The third-order valence-electron chi connectivity index (χ3n) is 4.33. The van der Waals surface area contributed by atoms with E-state index >= 15 is 0 Å². The van der Waals surface area contributed by atoms with Crippen LogP contribution in [0.25, 0.3) is 0 Å². The number of benzene rings is 1. The summed E-state index contributed by atoms with van der Waals surface area (Å²) in [5, 5.41) is 0. The lowest BCUT2D eigenvalue weighted by Crippen LogP contribution is -2.40. The highest BCUT2D eigenvalue weighted by Crippen LogP contribution is 2.26. The largest absolute Gasteiger partial charge is 0.339 e. The van der Waals surface area contributed by atoms with Crippen molar-refractivity contribution >= 4 is 11.7 Å². The Morgan fingerprint density at radius 2 is 1.56 bits per heavy atom. The summed E-state index contributed by atoms with van der Waals surface area (Å²) in [6, 6.07) is 4.20. The fraction of sp³-hybridized carbons (Fsp3) is 0.278. The van der Waals surface area contributed by atoms with E-state index in [1.807, 2.05) is 0 Å². The van der Waals surface area contributed by atoms with Crippen molar-refractivity contribution in [2.24, 2.45) is 5.92 Å². The Hall–Kier alpha value is -2.70. The summed E-state index contributed by atoms with van der Waals surface area (Å²) in [7, 11) is 0. The molecule has 0 unspecified atom stereocenters. The van der Waals surface area contributed by atoms with Crippen molar-refractivity contribution in [2.75, 3.05) is 13.1 Å². The van der Waals surface area contributed by atoms with E-state index < -0.39 is 34.7 Å². The molecular formula is C18H15F3N2O2. The maximum atomic E-state index is 13.8. The van der Waals surface area contributed by atoms with Gasteiger partial charge in [0.15, 0.2) is 5.78 Å². The summed E-state index contributed by atoms with van der Waals surface area (Å²) < 4.78 is 40.5. The number of hydrogen-bond acceptors (Lipinski definition) is 3. The van der Waals surface area contributed by atoms with Crippen molar-refractivity contribution in [2.45, 2.75) is 12.8 Å². The van der Waals surface area contributed by atoms with Crippen molar-refractivity contribution in [1.82, 2.24) is 9.88 Å². The molecule has 25 heavy (non-hydrogen) atoms. The standard InChI is InChI=1S/C18H15F3N2O2/c19-13-9-14(20)16(15(21)10-13)17(24)11-3-7-23(8-4-11)18(25)12-1-5-22-6-2-12/h1-2,5-6,9-11H,3-4,7-8H2. The number of Topliss-reactive ketones (excluding diaryl/α,β-unsaturated/α-hetero) is 1. The lowest BCUT2D eigenvalue weighted by molar-refractivity contribution is 0.0647. The minimum absolute atomic E-state index is 0.174. The second kappa shape index (κ2) is 7.04. The average molecular weight is 348 g/mol. The van der Waals surface area contributed by atoms with Crippen LogP contribution >= 0.6 is 0 Å². The predicted molar refractivity (Wildman–Crippen MR) is 83.5 cm³/mol. The maximum Gasteiger partial charge on any atom is 0.253 e. The molecule has 1 aromatic carbocycles. The van der Waals surface area contributed by atoms with Crippen LogP contribution in [0.15, 0.2) is 36.7 Å². The Labute approximate surface area is 142 Å². The van der Waals surface area contributed by atoms with E-state index in [0.717, 1.165) is 0 Å². The number of piperidine rings is 1. The molecule has 0 spiro atoms. The van der Waals surface area contributed by atoms with Gasteiger partial charge in [-0.15, -0.1) is 0 Å². The first kappa shape index (κ1) is 17.1. The second-order valence-corrected chi connectivity index (χ2v) is 5.91. The molecule has 2 heterocycles. The molecule has 2 aromatic rings. The van der Waals surface area contributed by atoms with E-state index in [1.165, 1.54) is 12.4 Å². The molecule has 1 aliphatic rings. The van der Waals surface area contributed by atoms with Gasteiger partial charge in [-0.1, -0.05) is 0 Å². The van der Waals surface area contributed by atoms with Gasteiger partial charge in [0.1, 0.15) is 17.5 Å². The van der Waals surface area contributed by atoms with Gasteiger partial charge >= 0.3 is 0 Å². The Balaban J connectivity index is 1.68. The molecule has 1 aromatic heterocycles. The van der Waals surface area contributed by atoms with Crippen LogP contribution in [0.5, 0.6) is 0 Å². The number of hydrogen-bond donors (Lipinski definition) is 0. The van der Waals surface area contributed by atoms with Gasteiger partial charge in [-0.3, -0.25) is 14.6 Å². The van der Waals surface area contributed by atoms with Crippen molar-refractivity contribution < 1.29 is 22.8 Å². The van der Waals surface area contributed by atoms with E-state index in [1.54, 1.807) is 17.0 Å². The number of carbonyl (C=O) groups excluding carboxylic acids is 2. The first-order valence-electron chi connectivity index (χ1n) is 7.85. The highest BCUT2D eigenvalue weighted by atomic mass is 19.1. The van der Waals surface area contributed by atoms with Crippen LogP contribution in [-0.4, -0.2) is 34.7 Å². The number of nitrogens with zero attached hydrogens (tertiary/aromatic N) is 2. The van der Waals surface area contributed by atoms with Crippen LogP contribution in [0.3, 0.4) is 0 Å². The fourth-order valence-electron chi connectivity index (χ4n) is 3.00. The quantitative estimate of drug-likeness (QED) is 0.800. The van der Waals surface area contributed by atoms with Gasteiger partial charge in [0.05, 0.1) is 5.56 Å². The van der Waals surface area contributed by atoms with Gasteiger partial charge in [0.25, 0.3) is 5.91 Å². The second-order valence-electron chi connectivity index (χ2n) is 5.91. The van der Waals surface area contributed by atoms with Gasteiger partial charge < -0.3 is 4.90 Å². The minimum Gasteiger partial charge on any atom is -0.339 e. The monoisotopic (exact) mass is 348 g/mol. The number of likely N-dealkylation sites (tertiary alicyclic amines) is 1. The summed E-state index contributed by atoms with van der Waals surface area (Å²) in [4.78, 5) is 30.2. The van der Waals surface area contributed by atoms with Crippen LogP contribution < -0.4 is 0 Å². The zero-order valence-electron chi connectivity index (χ0n) is 13.2. The Kier molecular flexibility index (Phi) is 4.83. The molecule has 1 aliphatic heterocycles. The van der Waals surface area contributed by atoms with Gasteiger partial charge in [0.2, 0.25) is 0 Å². The topological polar surface area (TPSA) is 50.3 Å². The van der Waals surface area contributed by atoms with Crippen LogP contribution in [0.4, 0.5) is 13.2 Å². The number of rotatable bonds is 3. The lowest BCUT2D eigenvalue weighted by atomic mass is 9.88. The molecule has 3 rings (SSSR count). The molecule has 0 bridgehead atoms. The molecule has 1 saturated heterocycles. The van der Waals surface area contributed by atoms with E-state index in [2.05, 4.69) is 4.98 Å². The summed E-state index contributed by atoms with van der Waals surface area (Å²) in [5.74, 6) is -4.92. The maximum absolute atomic E-state index is 13.8. The Bertz CT molecular complexity index is 780. The molecular weight excluding hydrogens is 333 g/mol. The van der Waals surface area contributed by atoms with Crippen molar-refractivity contribution in [3.63, 3.8) is 0 Å². The SMILES string of the molecule is O=C(c1c(F)cc(F)cc1F)C1CCN(C(=O)c2ccncc2)CC1. The number of amides is 1. The average Bonchev–Trinajstić information content (AvgIpc) is 2.61. The molecule has 130 valence electrons. The van der Waals surface area contributed by atoms with Crippen molar-refractivity contribution in [3.05, 3.63) is 65.2 Å². The van der Waals surface area contributed by atoms with Crippen LogP contribution in [0.1, 0.15) is 33.6 Å².